The van der Waals surface area contributed by atoms with Crippen molar-refractivity contribution in [2.45, 2.75) is 44.7 Å². The molecule has 2 heterocycles. The molecule has 0 aliphatic heterocycles. The van der Waals surface area contributed by atoms with E-state index < -0.39 is 8.07 Å². The van der Waals surface area contributed by atoms with Gasteiger partial charge in [0, 0.05) is 14.7 Å². The fraction of sp³-hybridized carbons (Fsp3) is 0.600. The van der Waals surface area contributed by atoms with Crippen LogP contribution in [0.3, 0.4) is 0 Å². The van der Waals surface area contributed by atoms with Crippen molar-refractivity contribution in [2.75, 3.05) is 13.2 Å². The standard InChI is InChI=1S/C15H23BrN2O3SSi/c1-5-21-15(19)12-8-11-14(22-12)17-13(9-16)18(11)10-20-6-7-23(2,3)4/h8H,5-7,9-10H2,1-4H3. The van der Waals surface area contributed by atoms with Crippen LogP contribution in [0.25, 0.3) is 10.3 Å². The Morgan fingerprint density at radius 2 is 2.17 bits per heavy atom. The lowest BCUT2D eigenvalue weighted by atomic mass is 10.4. The van der Waals surface area contributed by atoms with E-state index >= 15 is 0 Å². The molecule has 0 saturated carbocycles. The van der Waals surface area contributed by atoms with E-state index in [1.165, 1.54) is 11.3 Å². The van der Waals surface area contributed by atoms with E-state index in [4.69, 9.17) is 9.47 Å². The van der Waals surface area contributed by atoms with Gasteiger partial charge in [-0.25, -0.2) is 9.78 Å². The summed E-state index contributed by atoms with van der Waals surface area (Å²) in [5.74, 6) is 0.622. The van der Waals surface area contributed by atoms with Gasteiger partial charge in [0.2, 0.25) is 0 Å². The molecule has 0 atom stereocenters. The highest BCUT2D eigenvalue weighted by Gasteiger charge is 2.18. The third kappa shape index (κ3) is 4.88. The third-order valence-corrected chi connectivity index (χ3v) is 6.54. The maximum absolute atomic E-state index is 11.9. The first-order valence-corrected chi connectivity index (χ1v) is 13.3. The largest absolute Gasteiger partial charge is 0.462 e. The molecule has 0 fully saturated rings. The Labute approximate surface area is 150 Å². The molecule has 0 aromatic carbocycles. The minimum absolute atomic E-state index is 0.290. The maximum atomic E-state index is 11.9. The van der Waals surface area contributed by atoms with Gasteiger partial charge in [0.15, 0.2) is 0 Å². The molecule has 2 aromatic heterocycles. The van der Waals surface area contributed by atoms with Gasteiger partial charge in [-0.2, -0.15) is 0 Å². The van der Waals surface area contributed by atoms with Crippen LogP contribution in [0.5, 0.6) is 0 Å². The number of imidazole rings is 1. The molecule has 128 valence electrons. The molecule has 23 heavy (non-hydrogen) atoms. The molecule has 2 aromatic rings. The predicted octanol–water partition coefficient (Wildman–Crippen LogP) is 4.48. The fourth-order valence-electron chi connectivity index (χ4n) is 2.04. The van der Waals surface area contributed by atoms with Crippen LogP contribution in [-0.2, 0) is 21.5 Å². The smallest absolute Gasteiger partial charge is 0.348 e. The molecule has 0 spiro atoms. The molecule has 0 N–H and O–H groups in total. The van der Waals surface area contributed by atoms with Gasteiger partial charge in [-0.15, -0.1) is 11.3 Å². The fourth-order valence-corrected chi connectivity index (χ4v) is 4.18. The Balaban J connectivity index is 2.14. The molecule has 0 amide bonds. The van der Waals surface area contributed by atoms with Crippen molar-refractivity contribution >= 4 is 51.7 Å². The maximum Gasteiger partial charge on any atom is 0.348 e. The summed E-state index contributed by atoms with van der Waals surface area (Å²) >= 11 is 4.83. The number of fused-ring (bicyclic) bond motifs is 1. The SMILES string of the molecule is CCOC(=O)c1cc2c(nc(CBr)n2COCC[Si](C)(C)C)s1. The first kappa shape index (κ1) is 18.6. The molecule has 0 unspecified atom stereocenters. The van der Waals surface area contributed by atoms with E-state index in [9.17, 15) is 4.79 Å². The number of esters is 1. The summed E-state index contributed by atoms with van der Waals surface area (Å²) in [6.07, 6.45) is 0. The van der Waals surface area contributed by atoms with Crippen molar-refractivity contribution in [3.05, 3.63) is 16.8 Å². The quantitative estimate of drug-likeness (QED) is 0.274. The Morgan fingerprint density at radius 3 is 2.78 bits per heavy atom. The monoisotopic (exact) mass is 418 g/mol. The Kier molecular flexibility index (Phi) is 6.41. The Hall–Kier alpha value is -0.703. The van der Waals surface area contributed by atoms with Gasteiger partial charge in [-0.05, 0) is 19.0 Å². The summed E-state index contributed by atoms with van der Waals surface area (Å²) in [5.41, 5.74) is 0.931. The van der Waals surface area contributed by atoms with Gasteiger partial charge in [0.25, 0.3) is 0 Å². The minimum atomic E-state index is -1.09. The number of hydrogen-bond donors (Lipinski definition) is 0. The highest BCUT2D eigenvalue weighted by molar-refractivity contribution is 9.08. The van der Waals surface area contributed by atoms with E-state index in [2.05, 4.69) is 40.6 Å². The molecule has 0 aliphatic carbocycles. The molecule has 2 rings (SSSR count). The molecule has 5 nitrogen and oxygen atoms in total. The van der Waals surface area contributed by atoms with Crippen LogP contribution in [0, 0.1) is 0 Å². The van der Waals surface area contributed by atoms with Gasteiger partial charge in [-0.3, -0.25) is 0 Å². The number of nitrogens with zero attached hydrogens (tertiary/aromatic N) is 2. The van der Waals surface area contributed by atoms with Crippen LogP contribution in [0.2, 0.25) is 25.7 Å². The summed E-state index contributed by atoms with van der Waals surface area (Å²) < 4.78 is 12.9. The normalized spacial score (nSPS) is 12.0. The molecule has 0 saturated heterocycles. The molecule has 8 heteroatoms. The van der Waals surface area contributed by atoms with Crippen LogP contribution in [-0.4, -0.2) is 36.8 Å². The lowest BCUT2D eigenvalue weighted by Crippen LogP contribution is -2.22. The zero-order valence-electron chi connectivity index (χ0n) is 14.0. The average molecular weight is 419 g/mol. The van der Waals surface area contributed by atoms with E-state index in [0.29, 0.717) is 23.5 Å². The first-order chi connectivity index (χ1) is 10.9. The lowest BCUT2D eigenvalue weighted by Gasteiger charge is -2.16. The summed E-state index contributed by atoms with van der Waals surface area (Å²) in [4.78, 5) is 17.9. The van der Waals surface area contributed by atoms with E-state index in [1.807, 2.05) is 10.6 Å². The molecule has 0 radical (unpaired) electrons. The van der Waals surface area contributed by atoms with Gasteiger partial charge >= 0.3 is 5.97 Å². The van der Waals surface area contributed by atoms with Gasteiger partial charge in [0.1, 0.15) is 22.3 Å². The predicted molar refractivity (Wildman–Crippen MR) is 100 cm³/mol. The second kappa shape index (κ2) is 7.91. The topological polar surface area (TPSA) is 53.3 Å². The van der Waals surface area contributed by atoms with E-state index in [0.717, 1.165) is 28.8 Å². The van der Waals surface area contributed by atoms with Crippen molar-refractivity contribution in [3.8, 4) is 0 Å². The Bertz CT molecular complexity index is 678. The number of ether oxygens (including phenoxy) is 2. The number of thiophene rings is 1. The number of halogens is 1. The molecular formula is C15H23BrN2O3SSi. The number of hydrogen-bond acceptors (Lipinski definition) is 5. The average Bonchev–Trinajstić information content (AvgIpc) is 3.00. The zero-order chi connectivity index (χ0) is 17.0. The highest BCUT2D eigenvalue weighted by Crippen LogP contribution is 2.28. The first-order valence-electron chi connectivity index (χ1n) is 7.65. The molecular weight excluding hydrogens is 396 g/mol. The zero-order valence-corrected chi connectivity index (χ0v) is 17.4. The highest BCUT2D eigenvalue weighted by atomic mass is 79.9. The van der Waals surface area contributed by atoms with Gasteiger partial charge in [-0.1, -0.05) is 35.6 Å². The van der Waals surface area contributed by atoms with Crippen LogP contribution in [0.1, 0.15) is 22.4 Å². The summed E-state index contributed by atoms with van der Waals surface area (Å²) in [6, 6.07) is 2.98. The van der Waals surface area contributed by atoms with Crippen LogP contribution < -0.4 is 0 Å². The Morgan fingerprint density at radius 1 is 1.43 bits per heavy atom. The number of rotatable bonds is 8. The van der Waals surface area contributed by atoms with Gasteiger partial charge in [0.05, 0.1) is 17.5 Å². The van der Waals surface area contributed by atoms with Crippen molar-refractivity contribution in [1.82, 2.24) is 9.55 Å². The minimum Gasteiger partial charge on any atom is -0.462 e. The second-order valence-electron chi connectivity index (χ2n) is 6.46. The number of alkyl halides is 1. The second-order valence-corrected chi connectivity index (χ2v) is 13.7. The van der Waals surface area contributed by atoms with Gasteiger partial charge < -0.3 is 14.0 Å². The lowest BCUT2D eigenvalue weighted by molar-refractivity contribution is 0.0532. The number of aromatic nitrogens is 2. The third-order valence-electron chi connectivity index (χ3n) is 3.34. The summed E-state index contributed by atoms with van der Waals surface area (Å²) in [5, 5.41) is 0.653. The van der Waals surface area contributed by atoms with Crippen molar-refractivity contribution in [2.24, 2.45) is 0 Å². The van der Waals surface area contributed by atoms with Crippen molar-refractivity contribution in [1.29, 1.82) is 0 Å². The van der Waals surface area contributed by atoms with E-state index in [1.54, 1.807) is 6.92 Å². The van der Waals surface area contributed by atoms with Crippen molar-refractivity contribution in [3.63, 3.8) is 0 Å². The van der Waals surface area contributed by atoms with E-state index in [-0.39, 0.29) is 5.97 Å². The van der Waals surface area contributed by atoms with Crippen LogP contribution >= 0.6 is 27.3 Å². The number of carbonyl (C=O) groups excluding carboxylic acids is 1. The number of carbonyl (C=O) groups is 1. The summed E-state index contributed by atoms with van der Waals surface area (Å²) in [7, 11) is -1.09. The summed E-state index contributed by atoms with van der Waals surface area (Å²) in [6.45, 7) is 10.4. The molecule has 0 aliphatic rings. The van der Waals surface area contributed by atoms with Crippen LogP contribution in [0.15, 0.2) is 6.07 Å². The molecule has 0 bridgehead atoms. The van der Waals surface area contributed by atoms with Crippen molar-refractivity contribution < 1.29 is 14.3 Å². The van der Waals surface area contributed by atoms with Crippen LogP contribution in [0.4, 0.5) is 0 Å².